The molecule has 30 heavy (non-hydrogen) atoms. The van der Waals surface area contributed by atoms with Gasteiger partial charge in [-0.15, -0.1) is 0 Å². The summed E-state index contributed by atoms with van der Waals surface area (Å²) in [5.74, 6) is -1.74. The Labute approximate surface area is 171 Å². The average molecular weight is 409 g/mol. The van der Waals surface area contributed by atoms with Gasteiger partial charge < -0.3 is 10.4 Å². The molecule has 0 aliphatic heterocycles. The van der Waals surface area contributed by atoms with Crippen molar-refractivity contribution in [2.75, 3.05) is 5.32 Å². The van der Waals surface area contributed by atoms with Gasteiger partial charge in [0, 0.05) is 5.69 Å². The highest BCUT2D eigenvalue weighted by molar-refractivity contribution is 6.07. The van der Waals surface area contributed by atoms with E-state index in [9.17, 15) is 23.1 Å². The lowest BCUT2D eigenvalue weighted by Gasteiger charge is -2.16. The van der Waals surface area contributed by atoms with E-state index in [0.717, 1.165) is 47.7 Å². The number of alkyl halides is 3. The Morgan fingerprint density at radius 3 is 2.43 bits per heavy atom. The summed E-state index contributed by atoms with van der Waals surface area (Å²) in [6, 6.07) is 15.9. The molecule has 0 fully saturated rings. The maximum Gasteiger partial charge on any atom is 0.417 e. The summed E-state index contributed by atoms with van der Waals surface area (Å²) >= 11 is 0. The Bertz CT molecular complexity index is 1130. The highest BCUT2D eigenvalue weighted by Gasteiger charge is 2.36. The molecule has 1 amide bonds. The van der Waals surface area contributed by atoms with Gasteiger partial charge in [-0.3, -0.25) is 4.79 Å². The number of nitrogens with one attached hydrogen (secondary N) is 1. The summed E-state index contributed by atoms with van der Waals surface area (Å²) in [5, 5.41) is 12.3. The summed E-state index contributed by atoms with van der Waals surface area (Å²) in [5.41, 5.74) is 2.78. The Kier molecular flexibility index (Phi) is 5.08. The van der Waals surface area contributed by atoms with E-state index >= 15 is 0 Å². The second kappa shape index (κ2) is 7.71. The normalized spacial score (nSPS) is 13.0. The zero-order valence-corrected chi connectivity index (χ0v) is 15.8. The van der Waals surface area contributed by atoms with E-state index in [2.05, 4.69) is 23.5 Å². The topological polar surface area (TPSA) is 49.3 Å². The molecule has 0 aromatic heterocycles. The molecule has 0 unspecified atom stereocenters. The third kappa shape index (κ3) is 3.81. The molecule has 6 heteroatoms. The van der Waals surface area contributed by atoms with Gasteiger partial charge in [0.15, 0.2) is 0 Å². The van der Waals surface area contributed by atoms with E-state index in [1.165, 1.54) is 5.56 Å². The van der Waals surface area contributed by atoms with Crippen LogP contribution >= 0.6 is 0 Å². The van der Waals surface area contributed by atoms with Crippen molar-refractivity contribution in [3.8, 4) is 16.9 Å². The molecular formula is C24H18F3NO2. The van der Waals surface area contributed by atoms with Crippen LogP contribution in [0.5, 0.6) is 5.75 Å². The minimum Gasteiger partial charge on any atom is -0.507 e. The number of fused-ring (bicyclic) bond motifs is 1. The van der Waals surface area contributed by atoms with Crippen molar-refractivity contribution in [1.29, 1.82) is 0 Å². The fourth-order valence-corrected chi connectivity index (χ4v) is 3.66. The Balaban J connectivity index is 1.61. The maximum atomic E-state index is 13.2. The van der Waals surface area contributed by atoms with Crippen molar-refractivity contribution >= 4 is 17.7 Å². The molecule has 0 spiro atoms. The largest absolute Gasteiger partial charge is 0.507 e. The SMILES string of the molecule is O=C(Nc1ccc(-c2cccc3c2C=CCC3)cc1)c1c(O)cccc1C(F)(F)F. The first kappa shape index (κ1) is 19.8. The molecule has 2 N–H and O–H groups in total. The summed E-state index contributed by atoms with van der Waals surface area (Å²) in [4.78, 5) is 12.5. The lowest BCUT2D eigenvalue weighted by atomic mass is 9.90. The molecule has 3 nitrogen and oxygen atoms in total. The number of carbonyl (C=O) groups excluding carboxylic acids is 1. The minimum atomic E-state index is -4.75. The van der Waals surface area contributed by atoms with Crippen molar-refractivity contribution < 1.29 is 23.1 Å². The van der Waals surface area contributed by atoms with Crippen molar-refractivity contribution in [3.63, 3.8) is 0 Å². The second-order valence-corrected chi connectivity index (χ2v) is 7.05. The van der Waals surface area contributed by atoms with Gasteiger partial charge in [0.05, 0.1) is 11.1 Å². The van der Waals surface area contributed by atoms with E-state index in [-0.39, 0.29) is 0 Å². The number of benzene rings is 3. The van der Waals surface area contributed by atoms with Crippen molar-refractivity contribution in [1.82, 2.24) is 0 Å². The lowest BCUT2D eigenvalue weighted by Crippen LogP contribution is -2.18. The van der Waals surface area contributed by atoms with Crippen LogP contribution in [0.15, 0.2) is 66.7 Å². The van der Waals surface area contributed by atoms with Crippen LogP contribution < -0.4 is 5.32 Å². The van der Waals surface area contributed by atoms with Gasteiger partial charge in [0.2, 0.25) is 0 Å². The van der Waals surface area contributed by atoms with Crippen LogP contribution in [0, 0.1) is 0 Å². The monoisotopic (exact) mass is 409 g/mol. The second-order valence-electron chi connectivity index (χ2n) is 7.05. The van der Waals surface area contributed by atoms with E-state index in [4.69, 9.17) is 0 Å². The number of allylic oxidation sites excluding steroid dienone is 1. The highest BCUT2D eigenvalue weighted by Crippen LogP contribution is 2.36. The number of carbonyl (C=O) groups is 1. The molecule has 0 radical (unpaired) electrons. The van der Waals surface area contributed by atoms with E-state index in [1.807, 2.05) is 24.3 Å². The van der Waals surface area contributed by atoms with Crippen LogP contribution in [-0.4, -0.2) is 11.0 Å². The minimum absolute atomic E-state index is 0.334. The first-order chi connectivity index (χ1) is 14.3. The van der Waals surface area contributed by atoms with Gasteiger partial charge in [-0.2, -0.15) is 13.2 Å². The first-order valence-corrected chi connectivity index (χ1v) is 9.44. The number of anilines is 1. The van der Waals surface area contributed by atoms with Crippen LogP contribution in [0.25, 0.3) is 17.2 Å². The van der Waals surface area contributed by atoms with Gasteiger partial charge >= 0.3 is 6.18 Å². The molecule has 3 aromatic carbocycles. The maximum absolute atomic E-state index is 13.2. The van der Waals surface area contributed by atoms with Crippen molar-refractivity contribution in [2.45, 2.75) is 19.0 Å². The number of hydrogen-bond acceptors (Lipinski definition) is 2. The van der Waals surface area contributed by atoms with E-state index < -0.39 is 29.0 Å². The molecule has 1 aliphatic rings. The molecule has 1 aliphatic carbocycles. The zero-order valence-electron chi connectivity index (χ0n) is 15.8. The van der Waals surface area contributed by atoms with Gasteiger partial charge in [0.1, 0.15) is 5.75 Å². The fourth-order valence-electron chi connectivity index (χ4n) is 3.66. The molecule has 152 valence electrons. The van der Waals surface area contributed by atoms with Gasteiger partial charge in [-0.25, -0.2) is 0 Å². The molecular weight excluding hydrogens is 391 g/mol. The fraction of sp³-hybridized carbons (Fsp3) is 0.125. The predicted molar refractivity (Wildman–Crippen MR) is 110 cm³/mol. The van der Waals surface area contributed by atoms with Gasteiger partial charge in [-0.05, 0) is 59.4 Å². The molecule has 4 rings (SSSR count). The third-order valence-corrected chi connectivity index (χ3v) is 5.09. The van der Waals surface area contributed by atoms with Gasteiger partial charge in [0.25, 0.3) is 5.91 Å². The van der Waals surface area contributed by atoms with E-state index in [1.54, 1.807) is 12.1 Å². The van der Waals surface area contributed by atoms with Crippen LogP contribution in [0.2, 0.25) is 0 Å². The molecule has 0 atom stereocenters. The number of halogens is 3. The third-order valence-electron chi connectivity index (χ3n) is 5.09. The number of aryl methyl sites for hydroxylation is 1. The molecule has 0 heterocycles. The quantitative estimate of drug-likeness (QED) is 0.534. The Morgan fingerprint density at radius 2 is 1.70 bits per heavy atom. The van der Waals surface area contributed by atoms with Crippen LogP contribution in [-0.2, 0) is 12.6 Å². The number of aromatic hydroxyl groups is 1. The smallest absolute Gasteiger partial charge is 0.417 e. The molecule has 3 aromatic rings. The molecule has 0 saturated heterocycles. The number of phenols is 1. The van der Waals surface area contributed by atoms with Crippen molar-refractivity contribution in [2.24, 2.45) is 0 Å². The average Bonchev–Trinajstić information content (AvgIpc) is 2.73. The Morgan fingerprint density at radius 1 is 0.967 bits per heavy atom. The number of hydrogen-bond donors (Lipinski definition) is 2. The zero-order chi connectivity index (χ0) is 21.3. The number of amides is 1. The predicted octanol–water partition coefficient (Wildman–Crippen LogP) is 6.29. The number of phenolic OH excluding ortho intramolecular Hbond substituents is 1. The summed E-state index contributed by atoms with van der Waals surface area (Å²) < 4.78 is 39.6. The summed E-state index contributed by atoms with van der Waals surface area (Å²) in [6.45, 7) is 0. The highest BCUT2D eigenvalue weighted by atomic mass is 19.4. The molecule has 0 bridgehead atoms. The lowest BCUT2D eigenvalue weighted by molar-refractivity contribution is -0.138. The van der Waals surface area contributed by atoms with Crippen LogP contribution in [0.3, 0.4) is 0 Å². The van der Waals surface area contributed by atoms with E-state index in [0.29, 0.717) is 5.69 Å². The van der Waals surface area contributed by atoms with Crippen molar-refractivity contribution in [3.05, 3.63) is 89.0 Å². The summed E-state index contributed by atoms with van der Waals surface area (Å²) in [7, 11) is 0. The van der Waals surface area contributed by atoms with Gasteiger partial charge in [-0.1, -0.05) is 48.6 Å². The number of rotatable bonds is 3. The van der Waals surface area contributed by atoms with Crippen LogP contribution in [0.1, 0.15) is 33.5 Å². The summed E-state index contributed by atoms with van der Waals surface area (Å²) in [6.07, 6.45) is 1.46. The Hall–Kier alpha value is -3.54. The first-order valence-electron chi connectivity index (χ1n) is 9.44. The molecule has 0 saturated carbocycles. The standard InChI is InChI=1S/C24H18F3NO2/c25-24(26,27)20-9-4-10-21(29)22(20)23(30)28-17-13-11-16(12-14-17)19-8-3-6-15-5-1-2-7-18(15)19/h2-4,6-14,29H,1,5H2,(H,28,30). The van der Waals surface area contributed by atoms with Crippen LogP contribution in [0.4, 0.5) is 18.9 Å².